The molecule has 0 spiro atoms. The van der Waals surface area contributed by atoms with Crippen LogP contribution in [-0.4, -0.2) is 99.1 Å². The van der Waals surface area contributed by atoms with Crippen LogP contribution in [0.2, 0.25) is 0 Å². The molecule has 27 heteroatoms. The van der Waals surface area contributed by atoms with Gasteiger partial charge < -0.3 is 57.3 Å². The van der Waals surface area contributed by atoms with Gasteiger partial charge in [0.25, 0.3) is 0 Å². The largest absolute Gasteiger partial charge is 0.494 e. The Hall–Kier alpha value is -4.38. The minimum Gasteiger partial charge on any atom is -0.494 e. The van der Waals surface area contributed by atoms with Crippen molar-refractivity contribution in [2.24, 2.45) is 0 Å². The van der Waals surface area contributed by atoms with Gasteiger partial charge in [-0.25, -0.2) is 14.7 Å². The Bertz CT molecular complexity index is 1300. The monoisotopic (exact) mass is 960 g/mol. The molecule has 0 heterocycles. The molecule has 1 aromatic carbocycles. The van der Waals surface area contributed by atoms with Gasteiger partial charge in [-0.15, -0.1) is 0 Å². The lowest BCUT2D eigenvalue weighted by Gasteiger charge is -2.14. The van der Waals surface area contributed by atoms with Crippen LogP contribution in [-0.2, 0) is 152 Å². The third kappa shape index (κ3) is 43.5. The van der Waals surface area contributed by atoms with Crippen LogP contribution in [0.15, 0.2) is 93.7 Å². The topological polar surface area (TPSA) is 249 Å². The summed E-state index contributed by atoms with van der Waals surface area (Å²) in [6.45, 7) is 15.8. The molecule has 0 saturated carbocycles. The highest BCUT2D eigenvalue weighted by molar-refractivity contribution is 5.31. The molecule has 0 N–H and O–H groups in total. The van der Waals surface area contributed by atoms with E-state index in [0.717, 1.165) is 35.5 Å². The van der Waals surface area contributed by atoms with E-state index >= 15 is 0 Å². The van der Waals surface area contributed by atoms with Crippen molar-refractivity contribution < 1.29 is 132 Å². The predicted octanol–water partition coefficient (Wildman–Crippen LogP) is 5.50. The van der Waals surface area contributed by atoms with Crippen molar-refractivity contribution in [2.45, 2.75) is 39.1 Å². The number of rotatable bonds is 54. The van der Waals surface area contributed by atoms with Crippen molar-refractivity contribution in [3.63, 3.8) is 0 Å². The van der Waals surface area contributed by atoms with E-state index < -0.39 is 0 Å². The van der Waals surface area contributed by atoms with Crippen molar-refractivity contribution >= 4 is 0 Å². The molecule has 378 valence electrons. The zero-order valence-electron chi connectivity index (χ0n) is 36.4. The zero-order chi connectivity index (χ0) is 47.2. The second-order valence-electron chi connectivity index (χ2n) is 11.4. The van der Waals surface area contributed by atoms with Crippen LogP contribution in [0.1, 0.15) is 36.0 Å². The SMILES string of the molecule is C=CCO/C=C/OOOOOOCCOCCCOCc1ccc(COCCCOCCOOOOOO/C=C/OCC=C)c(COCCCOCCOOOOOO/C=C/OCC=C)c1. The molecule has 0 fully saturated rings. The molecule has 0 aromatic heterocycles. The van der Waals surface area contributed by atoms with Gasteiger partial charge in [0.05, 0.1) is 39.6 Å². The molecule has 27 nitrogen and oxygen atoms in total. The lowest BCUT2D eigenvalue weighted by molar-refractivity contribution is -0.751. The van der Waals surface area contributed by atoms with Gasteiger partial charge in [0, 0.05) is 69.9 Å². The summed E-state index contributed by atoms with van der Waals surface area (Å²) >= 11 is 0. The third-order valence-corrected chi connectivity index (χ3v) is 6.50. The molecule has 0 aliphatic carbocycles. The molecule has 66 heavy (non-hydrogen) atoms. The average molecular weight is 961 g/mol. The molecule has 0 bridgehead atoms. The van der Waals surface area contributed by atoms with E-state index in [1.165, 1.54) is 18.8 Å². The minimum atomic E-state index is 0.0457. The Morgan fingerprint density at radius 3 is 1.11 bits per heavy atom. The Morgan fingerprint density at radius 1 is 0.333 bits per heavy atom. The van der Waals surface area contributed by atoms with Crippen LogP contribution >= 0.6 is 0 Å². The standard InChI is InChI=1S/C39H60O27/c1-4-12-40-21-27-49-55-61-64-58-52-30-24-43-15-7-18-46-34-37-10-11-38(35-47-19-8-16-44-25-31-53-59-65-62-56-50-28-22-41-13-5-2)39(33-37)36-48-20-9-17-45-26-32-54-60-66-63-57-51-29-23-42-14-6-3/h4-6,10-11,21-23,27-29,33H,1-3,7-9,12-20,24-26,30-32,34-36H2/b27-21+,28-22+,29-23+. The molecule has 0 saturated heterocycles. The quantitative estimate of drug-likeness (QED) is 0.0257. The van der Waals surface area contributed by atoms with Gasteiger partial charge in [-0.1, -0.05) is 56.2 Å². The lowest BCUT2D eigenvalue weighted by Crippen LogP contribution is -2.09. The first-order valence-electron chi connectivity index (χ1n) is 19.9. The molecule has 0 aliphatic rings. The maximum absolute atomic E-state index is 5.95. The number of hydrogen-bond acceptors (Lipinski definition) is 27. The van der Waals surface area contributed by atoms with Crippen molar-refractivity contribution in [3.05, 3.63) is 110 Å². The van der Waals surface area contributed by atoms with Crippen molar-refractivity contribution in [3.8, 4) is 0 Å². The Labute approximate surface area is 380 Å². The van der Waals surface area contributed by atoms with Crippen LogP contribution in [0.4, 0.5) is 0 Å². The molecule has 0 unspecified atom stereocenters. The van der Waals surface area contributed by atoms with Gasteiger partial charge in [0.2, 0.25) is 0 Å². The van der Waals surface area contributed by atoms with E-state index in [9.17, 15) is 0 Å². The van der Waals surface area contributed by atoms with Gasteiger partial charge >= 0.3 is 0 Å². The summed E-state index contributed by atoms with van der Waals surface area (Å²) in [5, 5.41) is 49.8. The second kappa shape index (κ2) is 51.6. The van der Waals surface area contributed by atoms with Crippen molar-refractivity contribution in [1.82, 2.24) is 0 Å². The first-order chi connectivity index (χ1) is 32.8. The normalized spacial score (nSPS) is 11.5. The molecule has 0 amide bonds. The van der Waals surface area contributed by atoms with E-state index in [1.807, 2.05) is 18.2 Å². The van der Waals surface area contributed by atoms with Gasteiger partial charge in [-0.2, -0.15) is 0 Å². The summed E-state index contributed by atoms with van der Waals surface area (Å²) in [6.07, 6.45) is 13.3. The van der Waals surface area contributed by atoms with E-state index in [0.29, 0.717) is 98.5 Å². The van der Waals surface area contributed by atoms with Crippen LogP contribution in [0.5, 0.6) is 0 Å². The minimum absolute atomic E-state index is 0.0457. The third-order valence-electron chi connectivity index (χ3n) is 6.50. The van der Waals surface area contributed by atoms with Gasteiger partial charge in [0.1, 0.15) is 58.4 Å². The van der Waals surface area contributed by atoms with Crippen LogP contribution in [0.3, 0.4) is 0 Å². The number of ether oxygens (including phenoxy) is 9. The first kappa shape index (κ1) is 59.6. The van der Waals surface area contributed by atoms with E-state index in [4.69, 9.17) is 57.3 Å². The van der Waals surface area contributed by atoms with Gasteiger partial charge in [0.15, 0.2) is 18.8 Å². The van der Waals surface area contributed by atoms with Gasteiger partial charge in [-0.3, -0.25) is 0 Å². The van der Waals surface area contributed by atoms with Crippen LogP contribution < -0.4 is 0 Å². The molecular weight excluding hydrogens is 900 g/mol. The van der Waals surface area contributed by atoms with E-state index in [2.05, 4.69) is 94.9 Å². The van der Waals surface area contributed by atoms with Crippen LogP contribution in [0, 0.1) is 0 Å². The summed E-state index contributed by atoms with van der Waals surface area (Å²) in [5.41, 5.74) is 2.87. The fourth-order valence-electron chi connectivity index (χ4n) is 3.87. The van der Waals surface area contributed by atoms with E-state index in [1.54, 1.807) is 18.2 Å². The molecular formula is C39H60O27. The fraction of sp³-hybridized carbons (Fsp3) is 0.538. The Morgan fingerprint density at radius 2 is 0.697 bits per heavy atom. The molecule has 0 aliphatic heterocycles. The lowest BCUT2D eigenvalue weighted by atomic mass is 10.1. The Balaban J connectivity index is 2.27. The summed E-state index contributed by atoms with van der Waals surface area (Å²) in [4.78, 5) is 27.3. The highest BCUT2D eigenvalue weighted by Gasteiger charge is 2.07. The fourth-order valence-corrected chi connectivity index (χ4v) is 3.87. The van der Waals surface area contributed by atoms with Gasteiger partial charge in [-0.05, 0) is 66.2 Å². The number of benzene rings is 1. The number of hydrogen-bond donors (Lipinski definition) is 0. The summed E-state index contributed by atoms with van der Waals surface area (Å²) in [7, 11) is 0. The zero-order valence-corrected chi connectivity index (χ0v) is 36.4. The van der Waals surface area contributed by atoms with E-state index in [-0.39, 0.29) is 39.6 Å². The Kier molecular flexibility index (Phi) is 46.6. The van der Waals surface area contributed by atoms with Crippen molar-refractivity contribution in [1.29, 1.82) is 0 Å². The smallest absolute Gasteiger partial charge is 0.167 e. The van der Waals surface area contributed by atoms with Crippen molar-refractivity contribution in [2.75, 3.05) is 99.1 Å². The first-order valence-corrected chi connectivity index (χ1v) is 19.9. The second-order valence-corrected chi connectivity index (χ2v) is 11.4. The average Bonchev–Trinajstić information content (AvgIpc) is 3.33. The molecule has 1 rings (SSSR count). The summed E-state index contributed by atoms with van der Waals surface area (Å²) in [5.74, 6) is 0. The molecule has 0 radical (unpaired) electrons. The highest BCUT2D eigenvalue weighted by Crippen LogP contribution is 2.16. The molecule has 0 atom stereocenters. The predicted molar refractivity (Wildman–Crippen MR) is 212 cm³/mol. The highest BCUT2D eigenvalue weighted by atomic mass is 17.8. The van der Waals surface area contributed by atoms with Crippen LogP contribution in [0.25, 0.3) is 0 Å². The summed E-state index contributed by atoms with van der Waals surface area (Å²) in [6, 6.07) is 5.98. The maximum atomic E-state index is 5.95. The maximum Gasteiger partial charge on any atom is 0.167 e. The molecule has 1 aromatic rings. The summed E-state index contributed by atoms with van der Waals surface area (Å²) < 4.78 is 48.8.